The van der Waals surface area contributed by atoms with Gasteiger partial charge in [0.1, 0.15) is 6.04 Å². The van der Waals surface area contributed by atoms with Gasteiger partial charge in [0, 0.05) is 18.7 Å². The topological polar surface area (TPSA) is 94.0 Å². The average molecular weight is 404 g/mol. The summed E-state index contributed by atoms with van der Waals surface area (Å²) in [6.07, 6.45) is -4.13. The summed E-state index contributed by atoms with van der Waals surface area (Å²) in [5, 5.41) is 16.1. The fourth-order valence-electron chi connectivity index (χ4n) is 2.49. The van der Waals surface area contributed by atoms with E-state index in [0.29, 0.717) is 0 Å². The third-order valence-electron chi connectivity index (χ3n) is 3.91. The summed E-state index contributed by atoms with van der Waals surface area (Å²) in [5.41, 5.74) is 0.129. The fraction of sp³-hybridized carbons (Fsp3) is 0.250. The Morgan fingerprint density at radius 2 is 1.69 bits per heavy atom. The number of hydrogen-bond acceptors (Lipinski definition) is 3. The van der Waals surface area contributed by atoms with E-state index in [2.05, 4.69) is 16.0 Å². The number of rotatable bonds is 7. The van der Waals surface area contributed by atoms with Crippen LogP contribution < -0.4 is 16.0 Å². The van der Waals surface area contributed by atoms with E-state index in [4.69, 9.17) is 5.26 Å². The predicted molar refractivity (Wildman–Crippen MR) is 101 cm³/mol. The number of anilines is 1. The molecule has 0 bridgehead atoms. The third-order valence-corrected chi connectivity index (χ3v) is 3.91. The highest BCUT2D eigenvalue weighted by Crippen LogP contribution is 2.29. The predicted octanol–water partition coefficient (Wildman–Crippen LogP) is 3.47. The van der Waals surface area contributed by atoms with Gasteiger partial charge in [0.25, 0.3) is 0 Å². The summed E-state index contributed by atoms with van der Waals surface area (Å²) in [6, 6.07) is 13.2. The number of nitrogens with zero attached hydrogens (tertiary/aromatic N) is 1. The summed E-state index contributed by atoms with van der Waals surface area (Å²) in [7, 11) is 0. The van der Waals surface area contributed by atoms with Crippen molar-refractivity contribution in [3.8, 4) is 6.07 Å². The molecule has 0 aromatic heterocycles. The number of carbonyl (C=O) groups is 2. The van der Waals surface area contributed by atoms with Crippen molar-refractivity contribution in [2.75, 3.05) is 11.9 Å². The summed E-state index contributed by atoms with van der Waals surface area (Å²) in [6.45, 7) is 0.142. The van der Waals surface area contributed by atoms with Crippen molar-refractivity contribution in [3.05, 3.63) is 65.7 Å². The fourth-order valence-corrected chi connectivity index (χ4v) is 2.49. The van der Waals surface area contributed by atoms with Crippen LogP contribution in [0, 0.1) is 11.3 Å². The second kappa shape index (κ2) is 10.1. The van der Waals surface area contributed by atoms with Gasteiger partial charge in [-0.3, -0.25) is 4.79 Å². The number of nitrogens with one attached hydrogen (secondary N) is 3. The summed E-state index contributed by atoms with van der Waals surface area (Å²) in [5.74, 6) is -0.466. The summed E-state index contributed by atoms with van der Waals surface area (Å²) < 4.78 is 37.8. The normalized spacial score (nSPS) is 11.8. The van der Waals surface area contributed by atoms with Crippen molar-refractivity contribution < 1.29 is 22.8 Å². The van der Waals surface area contributed by atoms with Crippen LogP contribution in [0.25, 0.3) is 0 Å². The third kappa shape index (κ3) is 7.18. The van der Waals surface area contributed by atoms with E-state index in [-0.39, 0.29) is 25.1 Å². The van der Waals surface area contributed by atoms with Gasteiger partial charge in [-0.25, -0.2) is 4.79 Å². The van der Waals surface area contributed by atoms with Crippen molar-refractivity contribution in [3.63, 3.8) is 0 Å². The first-order valence-corrected chi connectivity index (χ1v) is 8.73. The van der Waals surface area contributed by atoms with E-state index in [1.807, 2.05) is 12.1 Å². The van der Waals surface area contributed by atoms with Crippen molar-refractivity contribution in [1.82, 2.24) is 10.6 Å². The van der Waals surface area contributed by atoms with Crippen LogP contribution in [-0.4, -0.2) is 24.5 Å². The molecule has 2 aromatic carbocycles. The molecule has 1 atom stereocenters. The lowest BCUT2D eigenvalue weighted by Crippen LogP contribution is -2.49. The molecule has 2 rings (SSSR count). The Balaban J connectivity index is 2.03. The highest BCUT2D eigenvalue weighted by molar-refractivity contribution is 5.93. The Morgan fingerprint density at radius 3 is 2.28 bits per heavy atom. The first-order chi connectivity index (χ1) is 13.8. The maximum atomic E-state index is 12.6. The molecular formula is C20H19F3N4O2. The molecule has 6 nitrogen and oxygen atoms in total. The minimum absolute atomic E-state index is 0.127. The quantitative estimate of drug-likeness (QED) is 0.617. The molecule has 0 heterocycles. The molecule has 0 fully saturated rings. The second-order valence-corrected chi connectivity index (χ2v) is 6.12. The van der Waals surface area contributed by atoms with Crippen LogP contribution in [0.1, 0.15) is 17.5 Å². The zero-order valence-electron chi connectivity index (χ0n) is 15.3. The van der Waals surface area contributed by atoms with Gasteiger partial charge in [0.15, 0.2) is 0 Å². The molecule has 152 valence electrons. The lowest BCUT2D eigenvalue weighted by Gasteiger charge is -2.19. The average Bonchev–Trinajstić information content (AvgIpc) is 2.68. The van der Waals surface area contributed by atoms with E-state index >= 15 is 0 Å². The molecule has 3 amide bonds. The van der Waals surface area contributed by atoms with Crippen molar-refractivity contribution in [2.45, 2.75) is 25.1 Å². The molecule has 3 N–H and O–H groups in total. The molecule has 29 heavy (non-hydrogen) atoms. The molecule has 0 saturated carbocycles. The number of benzene rings is 2. The zero-order valence-corrected chi connectivity index (χ0v) is 15.3. The van der Waals surface area contributed by atoms with Gasteiger partial charge < -0.3 is 16.0 Å². The highest BCUT2D eigenvalue weighted by atomic mass is 19.4. The Morgan fingerprint density at radius 1 is 1.03 bits per heavy atom. The van der Waals surface area contributed by atoms with Crippen LogP contribution in [0.3, 0.4) is 0 Å². The molecule has 9 heteroatoms. The molecular weight excluding hydrogens is 385 g/mol. The lowest BCUT2D eigenvalue weighted by molar-refractivity contribution is -0.137. The van der Waals surface area contributed by atoms with Crippen LogP contribution in [0.5, 0.6) is 0 Å². The van der Waals surface area contributed by atoms with Gasteiger partial charge in [0.2, 0.25) is 5.91 Å². The van der Waals surface area contributed by atoms with E-state index in [9.17, 15) is 22.8 Å². The van der Waals surface area contributed by atoms with Crippen molar-refractivity contribution >= 4 is 17.6 Å². The molecule has 0 saturated heterocycles. The molecule has 0 aliphatic carbocycles. The molecule has 0 aliphatic rings. The van der Waals surface area contributed by atoms with Crippen LogP contribution in [-0.2, 0) is 17.4 Å². The van der Waals surface area contributed by atoms with E-state index in [0.717, 1.165) is 29.8 Å². The number of nitriles is 1. The van der Waals surface area contributed by atoms with Gasteiger partial charge in [-0.2, -0.15) is 18.4 Å². The Bertz CT molecular complexity index is 862. The molecule has 0 spiro atoms. The van der Waals surface area contributed by atoms with Crippen LogP contribution in [0.2, 0.25) is 0 Å². The lowest BCUT2D eigenvalue weighted by atomic mass is 10.1. The van der Waals surface area contributed by atoms with Crippen LogP contribution >= 0.6 is 0 Å². The smallest absolute Gasteiger partial charge is 0.353 e. The molecule has 2 aromatic rings. The monoisotopic (exact) mass is 404 g/mol. The Hall–Kier alpha value is -3.54. The van der Waals surface area contributed by atoms with Gasteiger partial charge >= 0.3 is 12.2 Å². The molecule has 0 radical (unpaired) electrons. The van der Waals surface area contributed by atoms with Crippen molar-refractivity contribution in [1.29, 1.82) is 5.26 Å². The highest BCUT2D eigenvalue weighted by Gasteiger charge is 2.30. The number of amides is 3. The number of alkyl halides is 3. The minimum Gasteiger partial charge on any atom is -0.353 e. The van der Waals surface area contributed by atoms with E-state index in [1.54, 1.807) is 24.3 Å². The number of carbonyl (C=O) groups excluding carboxylic acids is 2. The zero-order chi connectivity index (χ0) is 21.3. The standard InChI is InChI=1S/C20H19F3N4O2/c21-20(22,23)15-7-9-16(10-8-15)26-19(29)27-17(18(28)25-12-4-11-24)13-14-5-2-1-3-6-14/h1-3,5-10,17H,4,12-13H2,(H,25,28)(H2,26,27,29). The number of urea groups is 1. The Kier molecular flexibility index (Phi) is 7.60. The van der Waals surface area contributed by atoms with Gasteiger partial charge in [-0.05, 0) is 29.8 Å². The van der Waals surface area contributed by atoms with Crippen LogP contribution in [0.15, 0.2) is 54.6 Å². The maximum Gasteiger partial charge on any atom is 0.416 e. The molecule has 0 aliphatic heterocycles. The molecule has 1 unspecified atom stereocenters. The summed E-state index contributed by atoms with van der Waals surface area (Å²) in [4.78, 5) is 24.6. The van der Waals surface area contributed by atoms with Crippen LogP contribution in [0.4, 0.5) is 23.7 Å². The maximum absolute atomic E-state index is 12.6. The minimum atomic E-state index is -4.47. The first kappa shape index (κ1) is 21.8. The second-order valence-electron chi connectivity index (χ2n) is 6.12. The van der Waals surface area contributed by atoms with Gasteiger partial charge in [-0.15, -0.1) is 0 Å². The van der Waals surface area contributed by atoms with E-state index < -0.39 is 29.7 Å². The summed E-state index contributed by atoms with van der Waals surface area (Å²) >= 11 is 0. The number of halogens is 3. The largest absolute Gasteiger partial charge is 0.416 e. The Labute approximate surface area is 165 Å². The SMILES string of the molecule is N#CCCNC(=O)C(Cc1ccccc1)NC(=O)Nc1ccc(C(F)(F)F)cc1. The van der Waals surface area contributed by atoms with E-state index in [1.165, 1.54) is 0 Å². The van der Waals surface area contributed by atoms with Gasteiger partial charge in [-0.1, -0.05) is 30.3 Å². The first-order valence-electron chi connectivity index (χ1n) is 8.73. The van der Waals surface area contributed by atoms with Crippen molar-refractivity contribution in [2.24, 2.45) is 0 Å². The van der Waals surface area contributed by atoms with Gasteiger partial charge in [0.05, 0.1) is 18.1 Å². The number of hydrogen-bond donors (Lipinski definition) is 3.